The van der Waals surface area contributed by atoms with Crippen LogP contribution in [0.4, 0.5) is 0 Å². The number of hydrogen-bond acceptors (Lipinski definition) is 4. The fourth-order valence-electron chi connectivity index (χ4n) is 2.51. The van der Waals surface area contributed by atoms with Crippen LogP contribution in [0, 0.1) is 0 Å². The number of amides is 1. The molecule has 0 bridgehead atoms. The molecule has 0 radical (unpaired) electrons. The molecule has 2 rings (SSSR count). The number of carbonyl (C=O) groups excluding carboxylic acids is 1. The summed E-state index contributed by atoms with van der Waals surface area (Å²) in [6.45, 7) is 5.57. The highest BCUT2D eigenvalue weighted by Gasteiger charge is 2.26. The first kappa shape index (κ1) is 15.6. The molecule has 1 aliphatic heterocycles. The van der Waals surface area contributed by atoms with Crippen molar-refractivity contribution >= 4 is 5.91 Å². The predicted octanol–water partition coefficient (Wildman–Crippen LogP) is 1.97. The van der Waals surface area contributed by atoms with Crippen LogP contribution in [0.5, 0.6) is 11.5 Å². The first-order chi connectivity index (χ1) is 10.2. The molecule has 1 N–H and O–H groups in total. The van der Waals surface area contributed by atoms with E-state index in [4.69, 9.17) is 9.47 Å². The summed E-state index contributed by atoms with van der Waals surface area (Å²) in [5, 5.41) is 9.44. The van der Waals surface area contributed by atoms with E-state index < -0.39 is 6.10 Å². The summed E-state index contributed by atoms with van der Waals surface area (Å²) in [5.41, 5.74) is 0.627. The Morgan fingerprint density at radius 1 is 1.38 bits per heavy atom. The van der Waals surface area contributed by atoms with Crippen LogP contribution in [0.25, 0.3) is 0 Å². The largest absolute Gasteiger partial charge is 0.490 e. The normalized spacial score (nSPS) is 15.9. The van der Waals surface area contributed by atoms with Gasteiger partial charge in [-0.15, -0.1) is 0 Å². The van der Waals surface area contributed by atoms with E-state index in [1.165, 1.54) is 0 Å². The third kappa shape index (κ3) is 3.67. The van der Waals surface area contributed by atoms with Crippen molar-refractivity contribution < 1.29 is 19.4 Å². The molecular weight excluding hydrogens is 270 g/mol. The molecule has 0 aromatic heterocycles. The second kappa shape index (κ2) is 7.31. The summed E-state index contributed by atoms with van der Waals surface area (Å²) in [6.07, 6.45) is 1.51. The summed E-state index contributed by atoms with van der Waals surface area (Å²) in [7, 11) is 0. The van der Waals surface area contributed by atoms with Gasteiger partial charge in [0.15, 0.2) is 17.6 Å². The van der Waals surface area contributed by atoms with Crippen LogP contribution < -0.4 is 9.47 Å². The summed E-state index contributed by atoms with van der Waals surface area (Å²) < 4.78 is 11.3. The van der Waals surface area contributed by atoms with Gasteiger partial charge >= 0.3 is 0 Å². The van der Waals surface area contributed by atoms with Crippen molar-refractivity contribution in [2.75, 3.05) is 19.7 Å². The minimum absolute atomic E-state index is 0.0114. The van der Waals surface area contributed by atoms with Crippen LogP contribution in [0.15, 0.2) is 18.2 Å². The average Bonchev–Trinajstić information content (AvgIpc) is 3.02. The van der Waals surface area contributed by atoms with Gasteiger partial charge in [0.25, 0.3) is 5.91 Å². The van der Waals surface area contributed by atoms with Gasteiger partial charge in [-0.2, -0.15) is 0 Å². The van der Waals surface area contributed by atoms with Gasteiger partial charge < -0.3 is 19.5 Å². The van der Waals surface area contributed by atoms with E-state index in [2.05, 4.69) is 0 Å². The first-order valence-electron chi connectivity index (χ1n) is 7.48. The molecule has 1 aromatic rings. The molecule has 1 unspecified atom stereocenters. The second-order valence-corrected chi connectivity index (χ2v) is 5.13. The molecule has 116 valence electrons. The van der Waals surface area contributed by atoms with Crippen molar-refractivity contribution in [3.8, 4) is 11.5 Å². The second-order valence-electron chi connectivity index (χ2n) is 5.13. The molecule has 5 nitrogen and oxygen atoms in total. The maximum absolute atomic E-state index is 12.3. The average molecular weight is 293 g/mol. The quantitative estimate of drug-likeness (QED) is 0.871. The summed E-state index contributed by atoms with van der Waals surface area (Å²) in [4.78, 5) is 14.1. The van der Waals surface area contributed by atoms with Gasteiger partial charge in [0, 0.05) is 18.7 Å². The minimum atomic E-state index is -0.588. The molecule has 1 fully saturated rings. The van der Waals surface area contributed by atoms with Gasteiger partial charge in [0.05, 0.1) is 13.2 Å². The number of benzene rings is 1. The van der Waals surface area contributed by atoms with Gasteiger partial charge in [-0.1, -0.05) is 12.1 Å². The Morgan fingerprint density at radius 3 is 2.71 bits per heavy atom. The molecule has 5 heteroatoms. The van der Waals surface area contributed by atoms with Gasteiger partial charge in [0.2, 0.25) is 0 Å². The Labute approximate surface area is 125 Å². The molecule has 1 heterocycles. The Bertz CT molecular complexity index is 483. The number of para-hydroxylation sites is 1. The number of likely N-dealkylation sites (tertiary alicyclic amines) is 1. The van der Waals surface area contributed by atoms with Gasteiger partial charge in [-0.3, -0.25) is 4.79 Å². The lowest BCUT2D eigenvalue weighted by atomic mass is 10.2. The van der Waals surface area contributed by atoms with Crippen molar-refractivity contribution in [2.24, 2.45) is 0 Å². The Hall–Kier alpha value is -1.75. The fraction of sp³-hybridized carbons (Fsp3) is 0.562. The molecule has 1 aliphatic rings. The standard InChI is InChI=1S/C16H23NO4/c1-3-20-14-8-6-7-13(11-18)15(14)21-12(2)16(19)17-9-4-5-10-17/h6-8,12,18H,3-5,9-11H2,1-2H3. The molecule has 21 heavy (non-hydrogen) atoms. The molecule has 0 aliphatic carbocycles. The summed E-state index contributed by atoms with van der Waals surface area (Å²) in [5.74, 6) is 1.01. The lowest BCUT2D eigenvalue weighted by Crippen LogP contribution is -2.38. The Balaban J connectivity index is 2.14. The topological polar surface area (TPSA) is 59.0 Å². The lowest BCUT2D eigenvalue weighted by molar-refractivity contribution is -0.136. The molecule has 0 spiro atoms. The number of rotatable bonds is 6. The lowest BCUT2D eigenvalue weighted by Gasteiger charge is -2.23. The van der Waals surface area contributed by atoms with Gasteiger partial charge in [0.1, 0.15) is 0 Å². The van der Waals surface area contributed by atoms with E-state index in [1.54, 1.807) is 25.1 Å². The highest BCUT2D eigenvalue weighted by molar-refractivity contribution is 5.81. The smallest absolute Gasteiger partial charge is 0.263 e. The van der Waals surface area contributed by atoms with Crippen LogP contribution >= 0.6 is 0 Å². The minimum Gasteiger partial charge on any atom is -0.490 e. The van der Waals surface area contributed by atoms with E-state index in [9.17, 15) is 9.90 Å². The van der Waals surface area contributed by atoms with E-state index in [0.29, 0.717) is 23.7 Å². The summed E-state index contributed by atoms with van der Waals surface area (Å²) >= 11 is 0. The Kier molecular flexibility index (Phi) is 5.44. The first-order valence-corrected chi connectivity index (χ1v) is 7.48. The van der Waals surface area contributed by atoms with Crippen LogP contribution in [0.2, 0.25) is 0 Å². The Morgan fingerprint density at radius 2 is 2.10 bits per heavy atom. The molecule has 1 amide bonds. The number of hydrogen-bond donors (Lipinski definition) is 1. The van der Waals surface area contributed by atoms with Crippen molar-refractivity contribution in [3.63, 3.8) is 0 Å². The highest BCUT2D eigenvalue weighted by atomic mass is 16.5. The van der Waals surface area contributed by atoms with Gasteiger partial charge in [-0.25, -0.2) is 0 Å². The maximum Gasteiger partial charge on any atom is 0.263 e. The molecule has 1 saturated heterocycles. The monoisotopic (exact) mass is 293 g/mol. The molecule has 1 atom stereocenters. The SMILES string of the molecule is CCOc1cccc(CO)c1OC(C)C(=O)N1CCCC1. The number of nitrogens with zero attached hydrogens (tertiary/aromatic N) is 1. The van der Waals surface area contributed by atoms with Crippen LogP contribution in [0.1, 0.15) is 32.3 Å². The maximum atomic E-state index is 12.3. The van der Waals surface area contributed by atoms with E-state index in [0.717, 1.165) is 25.9 Å². The number of carbonyl (C=O) groups is 1. The van der Waals surface area contributed by atoms with Gasteiger partial charge in [-0.05, 0) is 32.8 Å². The van der Waals surface area contributed by atoms with Crippen LogP contribution in [0.3, 0.4) is 0 Å². The fourth-order valence-corrected chi connectivity index (χ4v) is 2.51. The van der Waals surface area contributed by atoms with E-state index in [1.807, 2.05) is 11.8 Å². The van der Waals surface area contributed by atoms with Crippen LogP contribution in [-0.2, 0) is 11.4 Å². The third-order valence-electron chi connectivity index (χ3n) is 3.59. The molecular formula is C16H23NO4. The zero-order valence-electron chi connectivity index (χ0n) is 12.7. The van der Waals surface area contributed by atoms with E-state index >= 15 is 0 Å². The van der Waals surface area contributed by atoms with Crippen molar-refractivity contribution in [1.29, 1.82) is 0 Å². The van der Waals surface area contributed by atoms with Crippen molar-refractivity contribution in [2.45, 2.75) is 39.4 Å². The third-order valence-corrected chi connectivity index (χ3v) is 3.59. The predicted molar refractivity (Wildman–Crippen MR) is 79.4 cm³/mol. The van der Waals surface area contributed by atoms with Crippen LogP contribution in [-0.4, -0.2) is 41.7 Å². The zero-order chi connectivity index (χ0) is 15.2. The zero-order valence-corrected chi connectivity index (χ0v) is 12.7. The molecule has 0 saturated carbocycles. The van der Waals surface area contributed by atoms with Crippen molar-refractivity contribution in [1.82, 2.24) is 4.90 Å². The summed E-state index contributed by atoms with van der Waals surface area (Å²) in [6, 6.07) is 5.35. The highest BCUT2D eigenvalue weighted by Crippen LogP contribution is 2.32. The number of aliphatic hydroxyl groups excluding tert-OH is 1. The number of ether oxygens (including phenoxy) is 2. The van der Waals surface area contributed by atoms with Crippen molar-refractivity contribution in [3.05, 3.63) is 23.8 Å². The molecule has 1 aromatic carbocycles. The number of aliphatic hydroxyl groups is 1. The van der Waals surface area contributed by atoms with E-state index in [-0.39, 0.29) is 12.5 Å².